The van der Waals surface area contributed by atoms with Crippen molar-refractivity contribution in [3.05, 3.63) is 48.5 Å². The van der Waals surface area contributed by atoms with Gasteiger partial charge in [0.15, 0.2) is 0 Å². The topological polar surface area (TPSA) is 50.1 Å². The highest BCUT2D eigenvalue weighted by atomic mass is 16.3. The third-order valence-corrected chi connectivity index (χ3v) is 4.40. The Bertz CT molecular complexity index is 507. The zero-order chi connectivity index (χ0) is 15.1. The maximum absolute atomic E-state index is 9.57. The molecule has 0 aliphatic carbocycles. The number of hydrogen-bond donors (Lipinski definition) is 2. The van der Waals surface area contributed by atoms with Gasteiger partial charge in [-0.15, -0.1) is 0 Å². The SMILES string of the molecule is CCC(CC)(CO)CNCc1ccc(-n2ccnc2)cc1. The van der Waals surface area contributed by atoms with Crippen LogP contribution in [0.2, 0.25) is 0 Å². The van der Waals surface area contributed by atoms with E-state index in [2.05, 4.69) is 48.4 Å². The molecule has 0 saturated carbocycles. The molecule has 2 rings (SSSR count). The van der Waals surface area contributed by atoms with Crippen LogP contribution in [0.1, 0.15) is 32.3 Å². The number of nitrogens with zero attached hydrogens (tertiary/aromatic N) is 2. The predicted octanol–water partition coefficient (Wildman–Crippen LogP) is 2.76. The fourth-order valence-corrected chi connectivity index (χ4v) is 2.45. The molecule has 2 aromatic rings. The molecule has 0 aliphatic heterocycles. The summed E-state index contributed by atoms with van der Waals surface area (Å²) in [6.45, 7) is 6.20. The lowest BCUT2D eigenvalue weighted by Crippen LogP contribution is -2.36. The van der Waals surface area contributed by atoms with Crippen molar-refractivity contribution >= 4 is 0 Å². The highest BCUT2D eigenvalue weighted by Crippen LogP contribution is 2.24. The highest BCUT2D eigenvalue weighted by molar-refractivity contribution is 5.34. The van der Waals surface area contributed by atoms with Crippen LogP contribution in [0.5, 0.6) is 0 Å². The molecule has 1 aromatic heterocycles. The molecule has 0 radical (unpaired) electrons. The first-order valence-corrected chi connectivity index (χ1v) is 7.62. The quantitative estimate of drug-likeness (QED) is 0.785. The van der Waals surface area contributed by atoms with Crippen molar-refractivity contribution in [3.63, 3.8) is 0 Å². The highest BCUT2D eigenvalue weighted by Gasteiger charge is 2.24. The van der Waals surface area contributed by atoms with Crippen molar-refractivity contribution < 1.29 is 5.11 Å². The Morgan fingerprint density at radius 2 is 1.90 bits per heavy atom. The molecule has 0 amide bonds. The molecular weight excluding hydrogens is 262 g/mol. The first-order valence-electron chi connectivity index (χ1n) is 7.62. The number of aromatic nitrogens is 2. The Balaban J connectivity index is 1.89. The molecule has 21 heavy (non-hydrogen) atoms. The Hall–Kier alpha value is -1.65. The van der Waals surface area contributed by atoms with Crippen molar-refractivity contribution in [2.75, 3.05) is 13.2 Å². The van der Waals surface area contributed by atoms with E-state index in [4.69, 9.17) is 0 Å². The molecule has 0 spiro atoms. The van der Waals surface area contributed by atoms with Crippen LogP contribution < -0.4 is 5.32 Å². The van der Waals surface area contributed by atoms with Crippen molar-refractivity contribution in [1.29, 1.82) is 0 Å². The van der Waals surface area contributed by atoms with E-state index in [-0.39, 0.29) is 12.0 Å². The molecule has 0 fully saturated rings. The summed E-state index contributed by atoms with van der Waals surface area (Å²) in [7, 11) is 0. The van der Waals surface area contributed by atoms with Gasteiger partial charge in [0, 0.05) is 43.2 Å². The summed E-state index contributed by atoms with van der Waals surface area (Å²) in [6.07, 6.45) is 7.50. The van der Waals surface area contributed by atoms with E-state index in [0.717, 1.165) is 31.6 Å². The van der Waals surface area contributed by atoms with Gasteiger partial charge in [-0.3, -0.25) is 0 Å². The Kier molecular flexibility index (Phi) is 5.53. The van der Waals surface area contributed by atoms with Gasteiger partial charge in [-0.2, -0.15) is 0 Å². The van der Waals surface area contributed by atoms with Crippen LogP contribution in [0.25, 0.3) is 5.69 Å². The molecule has 4 nitrogen and oxygen atoms in total. The smallest absolute Gasteiger partial charge is 0.0991 e. The molecule has 0 atom stereocenters. The van der Waals surface area contributed by atoms with E-state index in [1.54, 1.807) is 12.5 Å². The van der Waals surface area contributed by atoms with Crippen LogP contribution in [0.4, 0.5) is 0 Å². The lowest BCUT2D eigenvalue weighted by atomic mass is 9.83. The van der Waals surface area contributed by atoms with Crippen molar-refractivity contribution in [2.45, 2.75) is 33.2 Å². The first kappa shape index (κ1) is 15.7. The van der Waals surface area contributed by atoms with Gasteiger partial charge in [0.1, 0.15) is 0 Å². The maximum atomic E-state index is 9.57. The Labute approximate surface area is 126 Å². The number of benzene rings is 1. The molecule has 114 valence electrons. The molecule has 0 unspecified atom stereocenters. The average Bonchev–Trinajstić information content (AvgIpc) is 3.07. The first-order chi connectivity index (χ1) is 10.2. The largest absolute Gasteiger partial charge is 0.396 e. The van der Waals surface area contributed by atoms with Crippen LogP contribution in [0.15, 0.2) is 43.0 Å². The number of aliphatic hydroxyl groups is 1. The molecule has 1 aromatic carbocycles. The van der Waals surface area contributed by atoms with Crippen LogP contribution in [0.3, 0.4) is 0 Å². The van der Waals surface area contributed by atoms with Crippen molar-refractivity contribution in [2.24, 2.45) is 5.41 Å². The van der Waals surface area contributed by atoms with Gasteiger partial charge in [-0.25, -0.2) is 4.98 Å². The number of rotatable bonds is 8. The lowest BCUT2D eigenvalue weighted by molar-refractivity contribution is 0.113. The maximum Gasteiger partial charge on any atom is 0.0991 e. The lowest BCUT2D eigenvalue weighted by Gasteiger charge is -2.29. The monoisotopic (exact) mass is 287 g/mol. The van der Waals surface area contributed by atoms with Crippen LogP contribution in [-0.2, 0) is 6.54 Å². The Morgan fingerprint density at radius 3 is 2.43 bits per heavy atom. The minimum atomic E-state index is 0.0107. The third-order valence-electron chi connectivity index (χ3n) is 4.40. The van der Waals surface area contributed by atoms with E-state index < -0.39 is 0 Å². The van der Waals surface area contributed by atoms with Gasteiger partial charge in [0.05, 0.1) is 6.33 Å². The van der Waals surface area contributed by atoms with Gasteiger partial charge >= 0.3 is 0 Å². The van der Waals surface area contributed by atoms with Crippen LogP contribution in [-0.4, -0.2) is 27.8 Å². The van der Waals surface area contributed by atoms with Crippen LogP contribution >= 0.6 is 0 Å². The molecule has 0 aliphatic rings. The van der Waals surface area contributed by atoms with E-state index in [1.807, 2.05) is 10.8 Å². The zero-order valence-corrected chi connectivity index (χ0v) is 12.9. The number of aliphatic hydroxyl groups excluding tert-OH is 1. The minimum Gasteiger partial charge on any atom is -0.396 e. The normalized spacial score (nSPS) is 11.8. The molecule has 1 heterocycles. The van der Waals surface area contributed by atoms with E-state index >= 15 is 0 Å². The molecule has 4 heteroatoms. The standard InChI is InChI=1S/C17H25N3O/c1-3-17(4-2,13-21)12-19-11-15-5-7-16(8-6-15)20-10-9-18-14-20/h5-10,14,19,21H,3-4,11-13H2,1-2H3. The predicted molar refractivity (Wildman–Crippen MR) is 85.4 cm³/mol. The number of imidazole rings is 1. The molecule has 0 bridgehead atoms. The second kappa shape index (κ2) is 7.38. The Morgan fingerprint density at radius 1 is 1.19 bits per heavy atom. The van der Waals surface area contributed by atoms with Crippen molar-refractivity contribution in [3.8, 4) is 5.69 Å². The fraction of sp³-hybridized carbons (Fsp3) is 0.471. The minimum absolute atomic E-state index is 0.0107. The second-order valence-corrected chi connectivity index (χ2v) is 5.61. The van der Waals surface area contributed by atoms with Gasteiger partial charge in [0.25, 0.3) is 0 Å². The third kappa shape index (κ3) is 3.93. The summed E-state index contributed by atoms with van der Waals surface area (Å²) in [5.74, 6) is 0. The average molecular weight is 287 g/mol. The van der Waals surface area contributed by atoms with Gasteiger partial charge in [0.2, 0.25) is 0 Å². The van der Waals surface area contributed by atoms with Crippen molar-refractivity contribution in [1.82, 2.24) is 14.9 Å². The summed E-state index contributed by atoms with van der Waals surface area (Å²) in [5, 5.41) is 13.0. The van der Waals surface area contributed by atoms with Crippen LogP contribution in [0, 0.1) is 5.41 Å². The van der Waals surface area contributed by atoms with E-state index in [9.17, 15) is 5.11 Å². The van der Waals surface area contributed by atoms with E-state index in [1.165, 1.54) is 5.56 Å². The molecule has 2 N–H and O–H groups in total. The summed E-state index contributed by atoms with van der Waals surface area (Å²) >= 11 is 0. The second-order valence-electron chi connectivity index (χ2n) is 5.61. The summed E-state index contributed by atoms with van der Waals surface area (Å²) in [6, 6.07) is 8.44. The fourth-order valence-electron chi connectivity index (χ4n) is 2.45. The van der Waals surface area contributed by atoms with Gasteiger partial charge < -0.3 is 15.0 Å². The van der Waals surface area contributed by atoms with E-state index in [0.29, 0.717) is 0 Å². The van der Waals surface area contributed by atoms with Gasteiger partial charge in [-0.1, -0.05) is 26.0 Å². The number of nitrogens with one attached hydrogen (secondary N) is 1. The number of hydrogen-bond acceptors (Lipinski definition) is 3. The summed E-state index contributed by atoms with van der Waals surface area (Å²) in [5.41, 5.74) is 2.37. The van der Waals surface area contributed by atoms with Gasteiger partial charge in [-0.05, 0) is 30.5 Å². The summed E-state index contributed by atoms with van der Waals surface area (Å²) < 4.78 is 1.99. The molecular formula is C17H25N3O. The summed E-state index contributed by atoms with van der Waals surface area (Å²) in [4.78, 5) is 4.05. The zero-order valence-electron chi connectivity index (χ0n) is 12.9. The molecule has 0 saturated heterocycles.